The average Bonchev–Trinajstić information content (AvgIpc) is 3.36. The van der Waals surface area contributed by atoms with Crippen LogP contribution in [0.15, 0.2) is 53.3 Å². The molecule has 3 heterocycles. The average molecular weight is 550 g/mol. The van der Waals surface area contributed by atoms with Crippen molar-refractivity contribution in [3.8, 4) is 0 Å². The number of para-hydroxylation sites is 1. The van der Waals surface area contributed by atoms with Gasteiger partial charge in [-0.1, -0.05) is 43.6 Å². The largest absolute Gasteiger partial charge is 0.369 e. The molecule has 1 N–H and O–H groups in total. The Hall–Kier alpha value is -3.43. The lowest BCUT2D eigenvalue weighted by Crippen LogP contribution is -2.47. The van der Waals surface area contributed by atoms with Gasteiger partial charge in [-0.05, 0) is 49.2 Å². The van der Waals surface area contributed by atoms with Crippen LogP contribution in [-0.2, 0) is 17.8 Å². The van der Waals surface area contributed by atoms with Gasteiger partial charge in [-0.15, -0.1) is 10.2 Å². The van der Waals surface area contributed by atoms with E-state index < -0.39 is 0 Å². The molecule has 10 heteroatoms. The van der Waals surface area contributed by atoms with Crippen LogP contribution in [0.25, 0.3) is 16.7 Å². The van der Waals surface area contributed by atoms with Gasteiger partial charge in [0.15, 0.2) is 0 Å². The molecule has 1 saturated heterocycles. The number of fused-ring (bicyclic) bond motifs is 3. The van der Waals surface area contributed by atoms with Crippen LogP contribution in [0.4, 0.5) is 5.69 Å². The van der Waals surface area contributed by atoms with E-state index in [-0.39, 0.29) is 17.4 Å². The molecule has 2 aromatic heterocycles. The van der Waals surface area contributed by atoms with Crippen LogP contribution in [0.5, 0.6) is 0 Å². The summed E-state index contributed by atoms with van der Waals surface area (Å²) in [5.41, 5.74) is 1.88. The fourth-order valence-electron chi connectivity index (χ4n) is 5.25. The summed E-state index contributed by atoms with van der Waals surface area (Å²) >= 11 is 6.14. The first-order chi connectivity index (χ1) is 18.9. The van der Waals surface area contributed by atoms with Crippen molar-refractivity contribution < 1.29 is 4.79 Å². The second-order valence-electron chi connectivity index (χ2n) is 10.6. The van der Waals surface area contributed by atoms with E-state index in [2.05, 4.69) is 45.2 Å². The number of aryl methyl sites for hydroxylation is 1. The maximum Gasteiger partial charge on any atom is 0.262 e. The summed E-state index contributed by atoms with van der Waals surface area (Å²) in [7, 11) is 0. The van der Waals surface area contributed by atoms with Crippen LogP contribution in [0.1, 0.15) is 32.5 Å². The van der Waals surface area contributed by atoms with E-state index in [0.29, 0.717) is 42.9 Å². The number of hydrogen-bond donors (Lipinski definition) is 1. The molecule has 4 aromatic rings. The van der Waals surface area contributed by atoms with Gasteiger partial charge in [0.25, 0.3) is 5.56 Å². The predicted molar refractivity (Wildman–Crippen MR) is 156 cm³/mol. The molecule has 1 amide bonds. The number of piperazine rings is 1. The third-order valence-corrected chi connectivity index (χ3v) is 7.45. The Morgan fingerprint density at radius 1 is 1.05 bits per heavy atom. The van der Waals surface area contributed by atoms with Crippen LogP contribution >= 0.6 is 11.6 Å². The molecule has 5 rings (SSSR count). The van der Waals surface area contributed by atoms with Crippen molar-refractivity contribution in [2.45, 2.75) is 39.7 Å². The van der Waals surface area contributed by atoms with Gasteiger partial charge in [-0.3, -0.25) is 23.5 Å². The number of carbonyl (C=O) groups excluding carboxylic acids is 1. The number of aromatic nitrogens is 4. The summed E-state index contributed by atoms with van der Waals surface area (Å²) in [5.74, 6) is 1.49. The standard InChI is InChI=1S/C29H36ClN7O2/c1-21(2)20-36-28(39)24-9-3-4-10-25(24)37-26(32-33-29(36)37)11-12-27(38)31-13-6-14-34-15-17-35(18-16-34)23-8-5-7-22(30)19-23/h3-5,7-10,19,21H,6,11-18,20H2,1-2H3,(H,31,38). The van der Waals surface area contributed by atoms with Gasteiger partial charge in [0.2, 0.25) is 11.7 Å². The van der Waals surface area contributed by atoms with Gasteiger partial charge in [-0.2, -0.15) is 0 Å². The van der Waals surface area contributed by atoms with Crippen LogP contribution in [0.2, 0.25) is 5.02 Å². The number of amides is 1. The first-order valence-corrected chi connectivity index (χ1v) is 14.1. The summed E-state index contributed by atoms with van der Waals surface area (Å²) in [4.78, 5) is 30.5. The Morgan fingerprint density at radius 3 is 2.62 bits per heavy atom. The molecule has 1 fully saturated rings. The van der Waals surface area contributed by atoms with Crippen molar-refractivity contribution in [2.75, 3.05) is 44.2 Å². The first-order valence-electron chi connectivity index (χ1n) is 13.8. The summed E-state index contributed by atoms with van der Waals surface area (Å²) in [5, 5.41) is 13.2. The van der Waals surface area contributed by atoms with Crippen LogP contribution in [-0.4, -0.2) is 69.2 Å². The van der Waals surface area contributed by atoms with E-state index in [1.54, 1.807) is 4.57 Å². The number of nitrogens with one attached hydrogen (secondary N) is 1. The Balaban J connectivity index is 1.12. The Labute approximate surface area is 233 Å². The van der Waals surface area contributed by atoms with Crippen molar-refractivity contribution in [3.05, 3.63) is 69.7 Å². The van der Waals surface area contributed by atoms with E-state index in [0.717, 1.165) is 49.7 Å². The number of carbonyl (C=O) groups is 1. The van der Waals surface area contributed by atoms with E-state index >= 15 is 0 Å². The SMILES string of the molecule is CC(C)Cn1c(=O)c2ccccc2n2c(CCC(=O)NCCCN3CCN(c4cccc(Cl)c4)CC3)nnc12. The highest BCUT2D eigenvalue weighted by Crippen LogP contribution is 2.21. The zero-order chi connectivity index (χ0) is 27.4. The minimum absolute atomic E-state index is 0.00247. The molecular weight excluding hydrogens is 514 g/mol. The molecule has 39 heavy (non-hydrogen) atoms. The molecule has 0 bridgehead atoms. The lowest BCUT2D eigenvalue weighted by Gasteiger charge is -2.36. The summed E-state index contributed by atoms with van der Waals surface area (Å²) in [6, 6.07) is 15.5. The molecule has 0 unspecified atom stereocenters. The maximum absolute atomic E-state index is 13.1. The lowest BCUT2D eigenvalue weighted by molar-refractivity contribution is -0.121. The summed E-state index contributed by atoms with van der Waals surface area (Å²) in [6.07, 6.45) is 1.67. The molecule has 1 aliphatic heterocycles. The topological polar surface area (TPSA) is 87.8 Å². The second-order valence-corrected chi connectivity index (χ2v) is 11.0. The van der Waals surface area contributed by atoms with E-state index in [1.165, 1.54) is 5.69 Å². The van der Waals surface area contributed by atoms with Gasteiger partial charge in [0, 0.05) is 62.8 Å². The normalized spacial score (nSPS) is 14.5. The Kier molecular flexibility index (Phi) is 8.47. The first kappa shape index (κ1) is 27.1. The van der Waals surface area contributed by atoms with Crippen molar-refractivity contribution >= 4 is 39.9 Å². The van der Waals surface area contributed by atoms with Crippen molar-refractivity contribution in [3.63, 3.8) is 0 Å². The van der Waals surface area contributed by atoms with Crippen LogP contribution < -0.4 is 15.8 Å². The number of hydrogen-bond acceptors (Lipinski definition) is 6. The molecule has 0 atom stereocenters. The predicted octanol–water partition coefficient (Wildman–Crippen LogP) is 3.61. The number of nitrogens with zero attached hydrogens (tertiary/aromatic N) is 6. The van der Waals surface area contributed by atoms with Gasteiger partial charge in [0.05, 0.1) is 10.9 Å². The number of benzene rings is 2. The Bertz CT molecular complexity index is 1500. The smallest absolute Gasteiger partial charge is 0.262 e. The summed E-state index contributed by atoms with van der Waals surface area (Å²) in [6.45, 7) is 10.2. The van der Waals surface area contributed by atoms with Crippen molar-refractivity contribution in [2.24, 2.45) is 5.92 Å². The molecule has 206 valence electrons. The van der Waals surface area contributed by atoms with Crippen molar-refractivity contribution in [1.29, 1.82) is 0 Å². The number of halogens is 1. The summed E-state index contributed by atoms with van der Waals surface area (Å²) < 4.78 is 3.62. The zero-order valence-electron chi connectivity index (χ0n) is 22.6. The fraction of sp³-hybridized carbons (Fsp3) is 0.448. The van der Waals surface area contributed by atoms with Gasteiger partial charge >= 0.3 is 0 Å². The minimum Gasteiger partial charge on any atom is -0.369 e. The zero-order valence-corrected chi connectivity index (χ0v) is 23.4. The van der Waals surface area contributed by atoms with E-state index in [1.807, 2.05) is 46.9 Å². The molecule has 1 aliphatic rings. The minimum atomic E-state index is -0.0608. The highest BCUT2D eigenvalue weighted by atomic mass is 35.5. The number of rotatable bonds is 10. The van der Waals surface area contributed by atoms with E-state index in [4.69, 9.17) is 11.6 Å². The Morgan fingerprint density at radius 2 is 1.85 bits per heavy atom. The second kappa shape index (κ2) is 12.2. The molecule has 0 spiro atoms. The van der Waals surface area contributed by atoms with Gasteiger partial charge < -0.3 is 10.2 Å². The van der Waals surface area contributed by atoms with Gasteiger partial charge in [-0.25, -0.2) is 0 Å². The highest BCUT2D eigenvalue weighted by Gasteiger charge is 2.19. The van der Waals surface area contributed by atoms with Crippen molar-refractivity contribution in [1.82, 2.24) is 29.4 Å². The third kappa shape index (κ3) is 6.25. The maximum atomic E-state index is 13.1. The quantitative estimate of drug-likeness (QED) is 0.304. The van der Waals surface area contributed by atoms with E-state index in [9.17, 15) is 9.59 Å². The van der Waals surface area contributed by atoms with Crippen LogP contribution in [0, 0.1) is 5.92 Å². The monoisotopic (exact) mass is 549 g/mol. The van der Waals surface area contributed by atoms with Crippen LogP contribution in [0.3, 0.4) is 0 Å². The third-order valence-electron chi connectivity index (χ3n) is 7.22. The molecule has 2 aromatic carbocycles. The number of anilines is 1. The highest BCUT2D eigenvalue weighted by molar-refractivity contribution is 6.30. The molecule has 9 nitrogen and oxygen atoms in total. The molecule has 0 saturated carbocycles. The molecule has 0 aliphatic carbocycles. The van der Waals surface area contributed by atoms with Gasteiger partial charge in [0.1, 0.15) is 5.82 Å². The molecule has 0 radical (unpaired) electrons. The lowest BCUT2D eigenvalue weighted by atomic mass is 10.2. The molecular formula is C29H36ClN7O2. The fourth-order valence-corrected chi connectivity index (χ4v) is 5.44.